The smallest absolute Gasteiger partial charge is 0.236 e. The highest BCUT2D eigenvalue weighted by Gasteiger charge is 2.34. The van der Waals surface area contributed by atoms with E-state index in [0.717, 1.165) is 32.6 Å². The van der Waals surface area contributed by atoms with Crippen LogP contribution in [0.2, 0.25) is 0 Å². The molecular weight excluding hydrogens is 377 g/mol. The summed E-state index contributed by atoms with van der Waals surface area (Å²) >= 11 is 0. The van der Waals surface area contributed by atoms with Crippen LogP contribution in [0.5, 0.6) is 0 Å². The summed E-state index contributed by atoms with van der Waals surface area (Å²) in [6.45, 7) is 5.32. The van der Waals surface area contributed by atoms with Gasteiger partial charge in [0, 0.05) is 39.3 Å². The number of benzene rings is 1. The fraction of sp³-hybridized carbons (Fsp3) is 0.611. The number of hydrogen-bond acceptors (Lipinski definition) is 5. The third kappa shape index (κ3) is 6.68. The predicted octanol–water partition coefficient (Wildman–Crippen LogP) is 0.568. The van der Waals surface area contributed by atoms with Crippen LogP contribution in [-0.4, -0.2) is 85.4 Å². The van der Waals surface area contributed by atoms with Crippen LogP contribution in [0.3, 0.4) is 0 Å². The molecule has 6 nitrogen and oxygen atoms in total. The fourth-order valence-electron chi connectivity index (χ4n) is 3.33. The number of nitrogens with one attached hydrogen (secondary N) is 1. The third-order valence-electron chi connectivity index (χ3n) is 4.68. The number of amides is 1. The maximum absolute atomic E-state index is 12.4. The lowest BCUT2D eigenvalue weighted by atomic mass is 10.0. The van der Waals surface area contributed by atoms with Gasteiger partial charge in [-0.15, -0.1) is 24.8 Å². The van der Waals surface area contributed by atoms with E-state index in [0.29, 0.717) is 32.8 Å². The molecule has 2 fully saturated rings. The summed E-state index contributed by atoms with van der Waals surface area (Å²) < 4.78 is 5.45. The molecular formula is C18H29Cl2N3O3. The number of carbonyl (C=O) groups is 1. The highest BCUT2D eigenvalue weighted by molar-refractivity contribution is 5.85. The molecule has 26 heavy (non-hydrogen) atoms. The van der Waals surface area contributed by atoms with Crippen molar-refractivity contribution in [2.45, 2.75) is 12.0 Å². The molecule has 148 valence electrons. The lowest BCUT2D eigenvalue weighted by Gasteiger charge is -2.38. The Hall–Kier alpha value is -0.890. The SMILES string of the molecule is Cl.Cl.O=C1CN(CC2(O)CNCCOC2)CCN1CCc1ccccc1. The molecule has 0 aliphatic carbocycles. The van der Waals surface area contributed by atoms with E-state index < -0.39 is 5.60 Å². The van der Waals surface area contributed by atoms with Gasteiger partial charge in [0.15, 0.2) is 0 Å². The summed E-state index contributed by atoms with van der Waals surface area (Å²) in [6.07, 6.45) is 0.883. The van der Waals surface area contributed by atoms with Crippen LogP contribution in [0.15, 0.2) is 30.3 Å². The van der Waals surface area contributed by atoms with Crippen molar-refractivity contribution >= 4 is 30.7 Å². The van der Waals surface area contributed by atoms with E-state index in [1.165, 1.54) is 5.56 Å². The van der Waals surface area contributed by atoms with Crippen molar-refractivity contribution in [1.82, 2.24) is 15.1 Å². The van der Waals surface area contributed by atoms with E-state index in [1.807, 2.05) is 28.0 Å². The Morgan fingerprint density at radius 3 is 2.69 bits per heavy atom. The van der Waals surface area contributed by atoms with Gasteiger partial charge < -0.3 is 20.1 Å². The molecule has 0 radical (unpaired) electrons. The minimum atomic E-state index is -0.914. The number of carbonyl (C=O) groups excluding carboxylic acids is 1. The van der Waals surface area contributed by atoms with Crippen molar-refractivity contribution in [3.63, 3.8) is 0 Å². The number of piperazine rings is 1. The summed E-state index contributed by atoms with van der Waals surface area (Å²) in [7, 11) is 0. The summed E-state index contributed by atoms with van der Waals surface area (Å²) in [5, 5.41) is 13.8. The Balaban J connectivity index is 0.00000169. The molecule has 1 atom stereocenters. The Labute approximate surface area is 167 Å². The Bertz CT molecular complexity index is 540. The van der Waals surface area contributed by atoms with Crippen molar-refractivity contribution in [3.8, 4) is 0 Å². The van der Waals surface area contributed by atoms with E-state index >= 15 is 0 Å². The van der Waals surface area contributed by atoms with Crippen LogP contribution < -0.4 is 5.32 Å². The van der Waals surface area contributed by atoms with Crippen LogP contribution in [-0.2, 0) is 16.0 Å². The number of nitrogens with zero attached hydrogens (tertiary/aromatic N) is 2. The van der Waals surface area contributed by atoms with Gasteiger partial charge in [0.2, 0.25) is 5.91 Å². The minimum absolute atomic E-state index is 0. The van der Waals surface area contributed by atoms with Crippen LogP contribution in [0.4, 0.5) is 0 Å². The van der Waals surface area contributed by atoms with E-state index in [4.69, 9.17) is 4.74 Å². The first-order valence-electron chi connectivity index (χ1n) is 8.70. The monoisotopic (exact) mass is 405 g/mol. The Kier molecular flexibility index (Phi) is 9.85. The first-order chi connectivity index (χ1) is 11.6. The molecule has 2 aliphatic rings. The standard InChI is InChI=1S/C18H27N3O3.2ClH/c22-17-12-20(14-18(23)13-19-7-11-24-15-18)9-10-21(17)8-6-16-4-2-1-3-5-16;;/h1-5,19,23H,6-15H2;2*1H. The second-order valence-corrected chi connectivity index (χ2v) is 6.78. The Morgan fingerprint density at radius 2 is 1.96 bits per heavy atom. The fourth-order valence-corrected chi connectivity index (χ4v) is 3.33. The van der Waals surface area contributed by atoms with E-state index in [-0.39, 0.29) is 30.7 Å². The van der Waals surface area contributed by atoms with E-state index in [1.54, 1.807) is 0 Å². The maximum Gasteiger partial charge on any atom is 0.236 e. The third-order valence-corrected chi connectivity index (χ3v) is 4.68. The molecule has 0 bridgehead atoms. The molecule has 0 saturated carbocycles. The van der Waals surface area contributed by atoms with Crippen LogP contribution in [0.1, 0.15) is 5.56 Å². The van der Waals surface area contributed by atoms with Gasteiger partial charge in [-0.25, -0.2) is 0 Å². The van der Waals surface area contributed by atoms with Gasteiger partial charge in [-0.1, -0.05) is 30.3 Å². The average molecular weight is 406 g/mol. The summed E-state index contributed by atoms with van der Waals surface area (Å²) in [4.78, 5) is 16.4. The number of β-amino-alcohol motifs (C(OH)–C–C–N with tert-alkyl or cyclic N) is 1. The number of hydrogen-bond donors (Lipinski definition) is 2. The molecule has 3 rings (SSSR count). The zero-order valence-corrected chi connectivity index (χ0v) is 16.6. The molecule has 2 heterocycles. The molecule has 8 heteroatoms. The Morgan fingerprint density at radius 1 is 1.19 bits per heavy atom. The second-order valence-electron chi connectivity index (χ2n) is 6.78. The molecule has 2 saturated heterocycles. The number of rotatable bonds is 5. The van der Waals surface area contributed by atoms with Crippen LogP contribution in [0, 0.1) is 0 Å². The van der Waals surface area contributed by atoms with E-state index in [2.05, 4.69) is 17.4 Å². The number of aliphatic hydroxyl groups is 1. The molecule has 2 N–H and O–H groups in total. The first kappa shape index (κ1) is 23.1. The second kappa shape index (κ2) is 11.1. The minimum Gasteiger partial charge on any atom is -0.385 e. The normalized spacial score (nSPS) is 24.3. The maximum atomic E-state index is 12.4. The van der Waals surface area contributed by atoms with Gasteiger partial charge in [-0.05, 0) is 12.0 Å². The van der Waals surface area contributed by atoms with Crippen molar-refractivity contribution < 1.29 is 14.6 Å². The molecule has 0 aromatic heterocycles. The van der Waals surface area contributed by atoms with Crippen LogP contribution >= 0.6 is 24.8 Å². The zero-order valence-electron chi connectivity index (χ0n) is 14.9. The summed E-state index contributed by atoms with van der Waals surface area (Å²) in [5.74, 6) is 0.142. The zero-order chi connectivity index (χ0) is 16.8. The highest BCUT2D eigenvalue weighted by Crippen LogP contribution is 2.13. The number of halogens is 2. The number of ether oxygens (including phenoxy) is 1. The van der Waals surface area contributed by atoms with Crippen molar-refractivity contribution in [1.29, 1.82) is 0 Å². The average Bonchev–Trinajstić information content (AvgIpc) is 2.79. The van der Waals surface area contributed by atoms with Gasteiger partial charge in [0.05, 0.1) is 19.8 Å². The van der Waals surface area contributed by atoms with Crippen molar-refractivity contribution in [3.05, 3.63) is 35.9 Å². The lowest BCUT2D eigenvalue weighted by molar-refractivity contribution is -0.138. The van der Waals surface area contributed by atoms with Crippen molar-refractivity contribution in [2.24, 2.45) is 0 Å². The highest BCUT2D eigenvalue weighted by atomic mass is 35.5. The van der Waals surface area contributed by atoms with E-state index in [9.17, 15) is 9.90 Å². The van der Waals surface area contributed by atoms with Gasteiger partial charge in [0.1, 0.15) is 5.60 Å². The van der Waals surface area contributed by atoms with Crippen LogP contribution in [0.25, 0.3) is 0 Å². The van der Waals surface area contributed by atoms with Gasteiger partial charge >= 0.3 is 0 Å². The molecule has 2 aliphatic heterocycles. The van der Waals surface area contributed by atoms with Crippen molar-refractivity contribution in [2.75, 3.05) is 59.0 Å². The molecule has 1 unspecified atom stereocenters. The molecule has 1 amide bonds. The molecule has 1 aromatic carbocycles. The largest absolute Gasteiger partial charge is 0.385 e. The first-order valence-corrected chi connectivity index (χ1v) is 8.70. The summed E-state index contributed by atoms with van der Waals surface area (Å²) in [6, 6.07) is 10.2. The lowest BCUT2D eigenvalue weighted by Crippen LogP contribution is -2.57. The molecule has 0 spiro atoms. The topological polar surface area (TPSA) is 65.0 Å². The van der Waals surface area contributed by atoms with Gasteiger partial charge in [-0.3, -0.25) is 9.69 Å². The summed E-state index contributed by atoms with van der Waals surface area (Å²) in [5.41, 5.74) is 0.340. The van der Waals surface area contributed by atoms with Gasteiger partial charge in [-0.2, -0.15) is 0 Å². The predicted molar refractivity (Wildman–Crippen MR) is 106 cm³/mol. The quantitative estimate of drug-likeness (QED) is 0.749. The molecule has 1 aromatic rings. The van der Waals surface area contributed by atoms with Gasteiger partial charge in [0.25, 0.3) is 0 Å².